The summed E-state index contributed by atoms with van der Waals surface area (Å²) < 4.78 is 10.6. The van der Waals surface area contributed by atoms with Crippen molar-refractivity contribution in [3.63, 3.8) is 0 Å². The van der Waals surface area contributed by atoms with Crippen molar-refractivity contribution in [1.82, 2.24) is 4.98 Å². The topological polar surface area (TPSA) is 60.5 Å². The van der Waals surface area contributed by atoms with E-state index >= 15 is 0 Å². The monoisotopic (exact) mass is 406 g/mol. The number of nitrogens with zero attached hydrogens (tertiary/aromatic N) is 1. The van der Waals surface area contributed by atoms with Gasteiger partial charge in [-0.2, -0.15) is 0 Å². The lowest BCUT2D eigenvalue weighted by Gasteiger charge is -2.23. The minimum Gasteiger partial charge on any atom is -0.493 e. The van der Waals surface area contributed by atoms with E-state index in [2.05, 4.69) is 10.3 Å². The van der Waals surface area contributed by atoms with Gasteiger partial charge in [-0.25, -0.2) is 4.98 Å². The van der Waals surface area contributed by atoms with Crippen LogP contribution in [0, 0.1) is 0 Å². The molecule has 1 amide bonds. The van der Waals surface area contributed by atoms with E-state index in [0.717, 1.165) is 11.3 Å². The third-order valence-corrected chi connectivity index (χ3v) is 6.97. The molecule has 1 saturated carbocycles. The zero-order valence-corrected chi connectivity index (χ0v) is 17.6. The number of amides is 1. The zero-order chi connectivity index (χ0) is 19.2. The number of rotatable bonds is 7. The Kier molecular flexibility index (Phi) is 7.01. The molecule has 1 aliphatic rings. The van der Waals surface area contributed by atoms with Crippen molar-refractivity contribution in [3.8, 4) is 22.8 Å². The summed E-state index contributed by atoms with van der Waals surface area (Å²) in [6.07, 6.45) is 6.35. The molecule has 146 valence electrons. The maximum atomic E-state index is 12.5. The summed E-state index contributed by atoms with van der Waals surface area (Å²) in [5.74, 6) is 1.36. The highest BCUT2D eigenvalue weighted by Gasteiger charge is 2.22. The molecule has 0 spiro atoms. The Bertz CT molecular complexity index is 772. The van der Waals surface area contributed by atoms with Gasteiger partial charge in [-0.3, -0.25) is 4.79 Å². The Morgan fingerprint density at radius 3 is 2.67 bits per heavy atom. The van der Waals surface area contributed by atoms with E-state index in [1.54, 1.807) is 26.0 Å². The number of carbonyl (C=O) groups excluding carboxylic acids is 1. The van der Waals surface area contributed by atoms with Crippen molar-refractivity contribution in [2.75, 3.05) is 19.5 Å². The molecule has 0 saturated heterocycles. The Balaban J connectivity index is 1.62. The minimum atomic E-state index is -0.0680. The molecule has 0 bridgehead atoms. The molecule has 1 aliphatic carbocycles. The van der Waals surface area contributed by atoms with Gasteiger partial charge in [0.1, 0.15) is 0 Å². The molecule has 7 heteroatoms. The third-order valence-electron chi connectivity index (χ3n) is 4.73. The number of aromatic nitrogens is 1. The molecule has 1 atom stereocenters. The Morgan fingerprint density at radius 2 is 1.96 bits per heavy atom. The van der Waals surface area contributed by atoms with Crippen LogP contribution in [0.15, 0.2) is 23.6 Å². The number of benzene rings is 1. The molecule has 1 aromatic carbocycles. The van der Waals surface area contributed by atoms with Crippen LogP contribution in [0.3, 0.4) is 0 Å². The van der Waals surface area contributed by atoms with Crippen LogP contribution in [0.4, 0.5) is 5.13 Å². The van der Waals surface area contributed by atoms with E-state index in [1.165, 1.54) is 43.4 Å². The maximum absolute atomic E-state index is 12.5. The van der Waals surface area contributed by atoms with Gasteiger partial charge in [0.2, 0.25) is 5.91 Å². The molecular weight excluding hydrogens is 380 g/mol. The van der Waals surface area contributed by atoms with Gasteiger partial charge in [-0.05, 0) is 38.0 Å². The van der Waals surface area contributed by atoms with Crippen LogP contribution in [-0.4, -0.2) is 35.6 Å². The van der Waals surface area contributed by atoms with Crippen LogP contribution < -0.4 is 14.8 Å². The number of hydrogen-bond acceptors (Lipinski definition) is 6. The average molecular weight is 407 g/mol. The fraction of sp³-hybridized carbons (Fsp3) is 0.500. The molecule has 1 N–H and O–H groups in total. The summed E-state index contributed by atoms with van der Waals surface area (Å²) in [6.45, 7) is 1.98. The molecule has 1 heterocycles. The van der Waals surface area contributed by atoms with E-state index in [-0.39, 0.29) is 11.2 Å². The van der Waals surface area contributed by atoms with Gasteiger partial charge in [0.25, 0.3) is 0 Å². The molecule has 1 unspecified atom stereocenters. The number of ether oxygens (including phenoxy) is 2. The van der Waals surface area contributed by atoms with Gasteiger partial charge in [0.05, 0.1) is 25.2 Å². The first-order valence-electron chi connectivity index (χ1n) is 9.25. The first-order chi connectivity index (χ1) is 13.1. The molecule has 1 fully saturated rings. The van der Waals surface area contributed by atoms with E-state index < -0.39 is 0 Å². The molecule has 27 heavy (non-hydrogen) atoms. The summed E-state index contributed by atoms with van der Waals surface area (Å²) in [4.78, 5) is 17.1. The van der Waals surface area contributed by atoms with Crippen molar-refractivity contribution in [1.29, 1.82) is 0 Å². The normalized spacial score (nSPS) is 16.0. The highest BCUT2D eigenvalue weighted by atomic mass is 32.2. The van der Waals surface area contributed by atoms with Crippen LogP contribution in [-0.2, 0) is 4.79 Å². The lowest BCUT2D eigenvalue weighted by atomic mass is 10.0. The maximum Gasteiger partial charge on any atom is 0.238 e. The largest absolute Gasteiger partial charge is 0.493 e. The second-order valence-corrected chi connectivity index (χ2v) is 9.14. The van der Waals surface area contributed by atoms with Crippen LogP contribution in [0.2, 0.25) is 0 Å². The quantitative estimate of drug-likeness (QED) is 0.683. The highest BCUT2D eigenvalue weighted by Crippen LogP contribution is 2.34. The zero-order valence-electron chi connectivity index (χ0n) is 16.0. The summed E-state index contributed by atoms with van der Waals surface area (Å²) in [6, 6.07) is 5.68. The Morgan fingerprint density at radius 1 is 1.22 bits per heavy atom. The van der Waals surface area contributed by atoms with Crippen LogP contribution >= 0.6 is 23.1 Å². The van der Waals surface area contributed by atoms with Gasteiger partial charge in [-0.15, -0.1) is 23.1 Å². The average Bonchev–Trinajstić information content (AvgIpc) is 3.16. The van der Waals surface area contributed by atoms with E-state index in [9.17, 15) is 4.79 Å². The first-order valence-corrected chi connectivity index (χ1v) is 11.1. The molecule has 2 aromatic rings. The molecule has 5 nitrogen and oxygen atoms in total. The van der Waals surface area contributed by atoms with Gasteiger partial charge >= 0.3 is 0 Å². The molecule has 3 rings (SSSR count). The molecule has 0 radical (unpaired) electrons. The number of carbonyl (C=O) groups is 1. The third kappa shape index (κ3) is 5.17. The van der Waals surface area contributed by atoms with Gasteiger partial charge in [-0.1, -0.05) is 19.3 Å². The number of nitrogens with one attached hydrogen (secondary N) is 1. The van der Waals surface area contributed by atoms with Crippen molar-refractivity contribution >= 4 is 34.1 Å². The van der Waals surface area contributed by atoms with E-state index in [4.69, 9.17) is 9.47 Å². The van der Waals surface area contributed by atoms with Gasteiger partial charge in [0.15, 0.2) is 16.6 Å². The van der Waals surface area contributed by atoms with Crippen molar-refractivity contribution in [3.05, 3.63) is 23.6 Å². The Labute approximate surface area is 168 Å². The number of thiazole rings is 1. The predicted octanol–water partition coefficient (Wildman–Crippen LogP) is 5.22. The number of anilines is 1. The fourth-order valence-electron chi connectivity index (χ4n) is 3.22. The second kappa shape index (κ2) is 9.46. The van der Waals surface area contributed by atoms with Gasteiger partial charge < -0.3 is 14.8 Å². The number of thioether (sulfide) groups is 1. The lowest BCUT2D eigenvalue weighted by Crippen LogP contribution is -2.25. The fourth-order valence-corrected chi connectivity index (χ4v) is 5.31. The van der Waals surface area contributed by atoms with E-state index in [1.807, 2.05) is 30.5 Å². The predicted molar refractivity (Wildman–Crippen MR) is 113 cm³/mol. The summed E-state index contributed by atoms with van der Waals surface area (Å²) in [7, 11) is 3.22. The van der Waals surface area contributed by atoms with Crippen molar-refractivity contribution in [2.24, 2.45) is 0 Å². The first kappa shape index (κ1) is 20.0. The van der Waals surface area contributed by atoms with Crippen molar-refractivity contribution < 1.29 is 14.3 Å². The SMILES string of the molecule is COc1ccc(-c2csc(NC(=O)C(C)SC3CCCCC3)n2)cc1OC. The van der Waals surface area contributed by atoms with Gasteiger partial charge in [0, 0.05) is 16.2 Å². The standard InChI is InChI=1S/C20H26N2O3S2/c1-13(27-15-7-5-4-6-8-15)19(23)22-20-21-16(12-26-20)14-9-10-17(24-2)18(11-14)25-3/h9-13,15H,4-8H2,1-3H3,(H,21,22,23). The molecule has 1 aromatic heterocycles. The number of hydrogen-bond donors (Lipinski definition) is 1. The number of methoxy groups -OCH3 is 2. The highest BCUT2D eigenvalue weighted by molar-refractivity contribution is 8.01. The lowest BCUT2D eigenvalue weighted by molar-refractivity contribution is -0.115. The summed E-state index contributed by atoms with van der Waals surface area (Å²) >= 11 is 3.23. The van der Waals surface area contributed by atoms with Crippen LogP contribution in [0.25, 0.3) is 11.3 Å². The Hall–Kier alpha value is -1.73. The van der Waals surface area contributed by atoms with Crippen molar-refractivity contribution in [2.45, 2.75) is 49.5 Å². The minimum absolute atomic E-state index is 0.0267. The van der Waals surface area contributed by atoms with Crippen LogP contribution in [0.5, 0.6) is 11.5 Å². The smallest absolute Gasteiger partial charge is 0.238 e. The summed E-state index contributed by atoms with van der Waals surface area (Å²) in [5, 5.41) is 6.07. The summed E-state index contributed by atoms with van der Waals surface area (Å²) in [5.41, 5.74) is 1.73. The molecular formula is C20H26N2O3S2. The van der Waals surface area contributed by atoms with Crippen LogP contribution in [0.1, 0.15) is 39.0 Å². The van der Waals surface area contributed by atoms with E-state index in [0.29, 0.717) is 21.9 Å². The second-order valence-electron chi connectivity index (χ2n) is 6.64. The molecule has 0 aliphatic heterocycles.